The van der Waals surface area contributed by atoms with Crippen molar-refractivity contribution in [2.45, 2.75) is 39.3 Å². The van der Waals surface area contributed by atoms with Crippen molar-refractivity contribution >= 4 is 39.2 Å². The lowest BCUT2D eigenvalue weighted by atomic mass is 9.78. The van der Waals surface area contributed by atoms with Gasteiger partial charge in [0.2, 0.25) is 5.54 Å². The van der Waals surface area contributed by atoms with E-state index in [1.807, 2.05) is 54.3 Å². The van der Waals surface area contributed by atoms with Crippen molar-refractivity contribution in [3.8, 4) is 11.1 Å². The molecule has 5 heteroatoms. The first-order valence-corrected chi connectivity index (χ1v) is 14.2. The van der Waals surface area contributed by atoms with Gasteiger partial charge in [-0.1, -0.05) is 90.5 Å². The summed E-state index contributed by atoms with van der Waals surface area (Å²) in [5.74, 6) is -1.22. The van der Waals surface area contributed by atoms with Gasteiger partial charge in [-0.15, -0.1) is 0 Å². The van der Waals surface area contributed by atoms with Crippen molar-refractivity contribution in [1.82, 2.24) is 0 Å². The van der Waals surface area contributed by atoms with Crippen LogP contribution in [0.1, 0.15) is 30.5 Å². The first-order valence-electron chi connectivity index (χ1n) is 14.2. The van der Waals surface area contributed by atoms with E-state index in [2.05, 4.69) is 54.6 Å². The van der Waals surface area contributed by atoms with Gasteiger partial charge in [0.15, 0.2) is 0 Å². The number of carbonyl (C=O) groups excluding carboxylic acids is 2. The summed E-state index contributed by atoms with van der Waals surface area (Å²) in [6.07, 6.45) is 0.0986. The van der Waals surface area contributed by atoms with E-state index in [0.29, 0.717) is 6.54 Å². The second kappa shape index (κ2) is 10.7. The van der Waals surface area contributed by atoms with Crippen molar-refractivity contribution in [2.24, 2.45) is 0 Å². The van der Waals surface area contributed by atoms with Crippen molar-refractivity contribution in [1.29, 1.82) is 0 Å². The summed E-state index contributed by atoms with van der Waals surface area (Å²) in [5, 5.41) is 4.44. The lowest BCUT2D eigenvalue weighted by Crippen LogP contribution is -2.63. The van der Waals surface area contributed by atoms with Crippen LogP contribution in [0, 0.1) is 6.92 Å². The monoisotopic (exact) mass is 543 g/mol. The van der Waals surface area contributed by atoms with Crippen LogP contribution in [0.25, 0.3) is 32.7 Å². The van der Waals surface area contributed by atoms with E-state index in [9.17, 15) is 9.59 Å². The molecule has 0 saturated heterocycles. The lowest BCUT2D eigenvalue weighted by Gasteiger charge is -2.43. The Bertz CT molecular complexity index is 1750. The lowest BCUT2D eigenvalue weighted by molar-refractivity contribution is -0.164. The van der Waals surface area contributed by atoms with Crippen LogP contribution in [0.15, 0.2) is 97.1 Å². The maximum atomic E-state index is 14.2. The van der Waals surface area contributed by atoms with E-state index in [-0.39, 0.29) is 19.6 Å². The number of esters is 2. The highest BCUT2D eigenvalue weighted by molar-refractivity contribution is 6.12. The molecule has 0 unspecified atom stereocenters. The molecular weight excluding hydrogens is 510 g/mol. The first-order chi connectivity index (χ1) is 20.0. The molecule has 1 heterocycles. The fraction of sp³-hybridized carbons (Fsp3) is 0.222. The van der Waals surface area contributed by atoms with E-state index < -0.39 is 17.5 Å². The molecule has 0 amide bonds. The Hall–Kier alpha value is -4.64. The molecule has 41 heavy (non-hydrogen) atoms. The number of rotatable bonds is 5. The average molecular weight is 544 g/mol. The number of ether oxygens (including phenoxy) is 2. The van der Waals surface area contributed by atoms with Crippen LogP contribution < -0.4 is 4.90 Å². The second-order valence-electron chi connectivity index (χ2n) is 10.5. The fourth-order valence-corrected chi connectivity index (χ4v) is 6.16. The number of aryl methyl sites for hydroxylation is 1. The molecular formula is C36H33NO4. The quantitative estimate of drug-likeness (QED) is 0.171. The summed E-state index contributed by atoms with van der Waals surface area (Å²) >= 11 is 0. The number of hydrogen-bond acceptors (Lipinski definition) is 5. The highest BCUT2D eigenvalue weighted by Crippen LogP contribution is 2.45. The topological polar surface area (TPSA) is 55.8 Å². The summed E-state index contributed by atoms with van der Waals surface area (Å²) in [6, 6.07) is 33.0. The largest absolute Gasteiger partial charge is 0.464 e. The zero-order valence-electron chi connectivity index (χ0n) is 23.6. The van der Waals surface area contributed by atoms with Crippen LogP contribution in [-0.2, 0) is 32.0 Å². The number of carbonyl (C=O) groups is 2. The molecule has 1 aliphatic heterocycles. The molecule has 0 spiro atoms. The van der Waals surface area contributed by atoms with E-state index in [4.69, 9.17) is 9.47 Å². The predicted octanol–water partition coefficient (Wildman–Crippen LogP) is 7.40. The normalized spacial score (nSPS) is 14.1. The molecule has 0 radical (unpaired) electrons. The predicted molar refractivity (Wildman–Crippen MR) is 164 cm³/mol. The molecule has 206 valence electrons. The van der Waals surface area contributed by atoms with E-state index in [1.54, 1.807) is 13.8 Å². The number of hydrogen-bond donors (Lipinski definition) is 0. The van der Waals surface area contributed by atoms with Gasteiger partial charge in [0, 0.05) is 18.7 Å². The second-order valence-corrected chi connectivity index (χ2v) is 10.5. The van der Waals surface area contributed by atoms with Crippen LogP contribution in [0.4, 0.5) is 5.69 Å². The third kappa shape index (κ3) is 4.42. The zero-order valence-corrected chi connectivity index (χ0v) is 23.6. The van der Waals surface area contributed by atoms with Gasteiger partial charge >= 0.3 is 11.9 Å². The maximum absolute atomic E-state index is 14.2. The summed E-state index contributed by atoms with van der Waals surface area (Å²) in [7, 11) is 0. The zero-order chi connectivity index (χ0) is 28.6. The number of nitrogens with zero attached hydrogens (tertiary/aromatic N) is 1. The SMILES string of the molecule is CCOC(=O)C1(C(=O)OCC)Cc2ccc3ccccc3c2-c2c(ccc3ccccc23)CN1c1ccc(C)cc1. The average Bonchev–Trinajstić information content (AvgIpc) is 2.98. The van der Waals surface area contributed by atoms with Gasteiger partial charge in [0.1, 0.15) is 0 Å². The molecule has 0 aliphatic carbocycles. The van der Waals surface area contributed by atoms with Crippen LogP contribution in [0.3, 0.4) is 0 Å². The van der Waals surface area contributed by atoms with Gasteiger partial charge < -0.3 is 14.4 Å². The molecule has 1 aliphatic rings. The minimum atomic E-state index is -1.73. The Kier molecular flexibility index (Phi) is 6.96. The highest BCUT2D eigenvalue weighted by Gasteiger charge is 2.55. The van der Waals surface area contributed by atoms with E-state index in [0.717, 1.165) is 55.0 Å². The Morgan fingerprint density at radius 1 is 0.683 bits per heavy atom. The van der Waals surface area contributed by atoms with Gasteiger partial charge in [-0.25, -0.2) is 9.59 Å². The molecule has 0 bridgehead atoms. The molecule has 0 saturated carbocycles. The summed E-state index contributed by atoms with van der Waals surface area (Å²) in [6.45, 7) is 6.14. The van der Waals surface area contributed by atoms with Crippen LogP contribution in [-0.4, -0.2) is 30.7 Å². The molecule has 0 N–H and O–H groups in total. The summed E-state index contributed by atoms with van der Waals surface area (Å²) in [4.78, 5) is 30.3. The molecule has 5 aromatic rings. The molecule has 0 aromatic heterocycles. The number of benzene rings is 5. The van der Waals surface area contributed by atoms with Gasteiger partial charge in [0.05, 0.1) is 13.2 Å². The van der Waals surface area contributed by atoms with E-state index in [1.165, 1.54) is 0 Å². The summed E-state index contributed by atoms with van der Waals surface area (Å²) in [5.41, 5.74) is 4.16. The van der Waals surface area contributed by atoms with Crippen molar-refractivity contribution in [2.75, 3.05) is 18.1 Å². The van der Waals surface area contributed by atoms with Crippen LogP contribution in [0.2, 0.25) is 0 Å². The Labute approximate surface area is 240 Å². The standard InChI is InChI=1S/C36H33NO4/c1-4-40-34(38)36(35(39)41-5-2)22-27-18-16-25-10-6-8-12-30(25)32(27)33-28(19-17-26-11-7-9-13-31(26)33)23-37(36)29-20-14-24(3)15-21-29/h6-21H,4-5,22-23H2,1-3H3. The maximum Gasteiger partial charge on any atom is 0.344 e. The van der Waals surface area contributed by atoms with Crippen molar-refractivity contribution in [3.05, 3.63) is 114 Å². The third-order valence-electron chi connectivity index (χ3n) is 8.09. The minimum Gasteiger partial charge on any atom is -0.464 e. The van der Waals surface area contributed by atoms with Gasteiger partial charge in [-0.3, -0.25) is 0 Å². The van der Waals surface area contributed by atoms with Crippen LogP contribution >= 0.6 is 0 Å². The molecule has 0 fully saturated rings. The summed E-state index contributed by atoms with van der Waals surface area (Å²) < 4.78 is 11.4. The van der Waals surface area contributed by atoms with Crippen molar-refractivity contribution in [3.63, 3.8) is 0 Å². The third-order valence-corrected chi connectivity index (χ3v) is 8.09. The molecule has 0 atom stereocenters. The van der Waals surface area contributed by atoms with Gasteiger partial charge in [-0.2, -0.15) is 0 Å². The highest BCUT2D eigenvalue weighted by atomic mass is 16.6. The minimum absolute atomic E-state index is 0.0986. The molecule has 6 rings (SSSR count). The fourth-order valence-electron chi connectivity index (χ4n) is 6.16. The van der Waals surface area contributed by atoms with Gasteiger partial charge in [0.25, 0.3) is 0 Å². The smallest absolute Gasteiger partial charge is 0.344 e. The number of anilines is 1. The molecule has 5 aromatic carbocycles. The van der Waals surface area contributed by atoms with E-state index >= 15 is 0 Å². The Morgan fingerprint density at radius 3 is 1.76 bits per heavy atom. The molecule has 5 nitrogen and oxygen atoms in total. The van der Waals surface area contributed by atoms with Crippen LogP contribution in [0.5, 0.6) is 0 Å². The van der Waals surface area contributed by atoms with Gasteiger partial charge in [-0.05, 0) is 76.7 Å². The van der Waals surface area contributed by atoms with Crippen molar-refractivity contribution < 1.29 is 19.1 Å². The first kappa shape index (κ1) is 26.6. The Balaban J connectivity index is 1.74. The number of fused-ring (bicyclic) bond motifs is 7. The Morgan fingerprint density at radius 2 is 1.20 bits per heavy atom.